The molecule has 270 valence electrons. The normalized spacial score (nSPS) is 19.0. The second-order valence-electron chi connectivity index (χ2n) is 15.2. The van der Waals surface area contributed by atoms with Crippen LogP contribution in [0.15, 0.2) is 71.9 Å². The molecule has 5 aromatic rings. The number of hydrogen-bond acceptors (Lipinski definition) is 7. The molecule has 1 atom stereocenters. The van der Waals surface area contributed by atoms with Crippen LogP contribution < -0.4 is 15.0 Å². The summed E-state index contributed by atoms with van der Waals surface area (Å²) >= 11 is 0. The molecule has 0 unspecified atom stereocenters. The Bertz CT molecular complexity index is 2120. The van der Waals surface area contributed by atoms with Crippen LogP contribution in [0.1, 0.15) is 94.2 Å². The number of fused-ring (bicyclic) bond motifs is 2. The van der Waals surface area contributed by atoms with Gasteiger partial charge in [0.1, 0.15) is 29.2 Å². The Hall–Kier alpha value is -5.10. The van der Waals surface area contributed by atoms with Crippen LogP contribution in [0.5, 0.6) is 5.75 Å². The Morgan fingerprint density at radius 1 is 0.962 bits per heavy atom. The maximum Gasteiger partial charge on any atom is 0.346 e. The number of urea groups is 1. The fourth-order valence-corrected chi connectivity index (χ4v) is 7.54. The summed E-state index contributed by atoms with van der Waals surface area (Å²) in [6.45, 7) is 10.9. The second kappa shape index (κ2) is 14.1. The number of benzene rings is 2. The molecule has 2 saturated heterocycles. The first-order chi connectivity index (χ1) is 25.2. The predicted molar refractivity (Wildman–Crippen MR) is 200 cm³/mol. The number of aliphatic imine (C=N–C) groups is 1. The van der Waals surface area contributed by atoms with Gasteiger partial charge in [-0.05, 0) is 87.9 Å². The van der Waals surface area contributed by atoms with Gasteiger partial charge in [-0.2, -0.15) is 10.1 Å². The fourth-order valence-electron chi connectivity index (χ4n) is 7.54. The van der Waals surface area contributed by atoms with Crippen LogP contribution in [0.3, 0.4) is 0 Å². The Kier molecular flexibility index (Phi) is 9.25. The van der Waals surface area contributed by atoms with E-state index >= 15 is 4.39 Å². The smallest absolute Gasteiger partial charge is 0.346 e. The standard InChI is InChI=1S/C40H46FN9O2/c1-40(2,3)35-24-37(50(46-35)33-23-27(13-15-31(33)41)25-47-19-9-10-20-47)43-38(51)42-32-16-17-34(30-12-6-5-11-29(30)32)52-28-14-18-36-44-45-39(49(36)26-28)48-21-7-4-8-22-48/h5-6,11-15,18,23-24,26,34H,4,7-10,16-17,19-22,25H2,1-3H3,(H,43,51)/t34-/m1/s1. The Morgan fingerprint density at radius 3 is 2.56 bits per heavy atom. The van der Waals surface area contributed by atoms with Crippen molar-refractivity contribution in [2.75, 3.05) is 36.4 Å². The molecule has 2 aromatic carbocycles. The molecule has 5 heterocycles. The first-order valence-corrected chi connectivity index (χ1v) is 18.6. The average Bonchev–Trinajstić information content (AvgIpc) is 3.91. The molecule has 2 fully saturated rings. The number of carbonyl (C=O) groups is 1. The van der Waals surface area contributed by atoms with Crippen molar-refractivity contribution in [2.24, 2.45) is 4.99 Å². The Morgan fingerprint density at radius 2 is 1.75 bits per heavy atom. The number of amides is 2. The molecule has 2 aliphatic heterocycles. The van der Waals surface area contributed by atoms with Crippen molar-refractivity contribution in [3.05, 3.63) is 95.1 Å². The lowest BCUT2D eigenvalue weighted by Gasteiger charge is -2.28. The number of piperidine rings is 1. The van der Waals surface area contributed by atoms with Gasteiger partial charge >= 0.3 is 6.03 Å². The van der Waals surface area contributed by atoms with E-state index in [1.165, 1.54) is 30.0 Å². The van der Waals surface area contributed by atoms with Gasteiger partial charge in [0, 0.05) is 42.2 Å². The third kappa shape index (κ3) is 7.04. The van der Waals surface area contributed by atoms with Crippen molar-refractivity contribution in [3.8, 4) is 11.4 Å². The minimum Gasteiger partial charge on any atom is -0.484 e. The summed E-state index contributed by atoms with van der Waals surface area (Å²) in [7, 11) is 0. The highest BCUT2D eigenvalue weighted by molar-refractivity contribution is 6.10. The number of aromatic nitrogens is 5. The van der Waals surface area contributed by atoms with Crippen molar-refractivity contribution in [2.45, 2.75) is 83.8 Å². The molecule has 52 heavy (non-hydrogen) atoms. The third-order valence-electron chi connectivity index (χ3n) is 10.3. The molecule has 8 rings (SSSR count). The molecule has 1 N–H and O–H groups in total. The summed E-state index contributed by atoms with van der Waals surface area (Å²) in [5, 5.41) is 16.6. The topological polar surface area (TPSA) is 105 Å². The summed E-state index contributed by atoms with van der Waals surface area (Å²) < 4.78 is 25.6. The van der Waals surface area contributed by atoms with E-state index < -0.39 is 11.8 Å². The molecule has 3 aromatic heterocycles. The van der Waals surface area contributed by atoms with Crippen LogP contribution in [0.2, 0.25) is 0 Å². The van der Waals surface area contributed by atoms with E-state index in [1.807, 2.05) is 86.0 Å². The van der Waals surface area contributed by atoms with Gasteiger partial charge in [-0.25, -0.2) is 13.9 Å². The first kappa shape index (κ1) is 34.0. The minimum absolute atomic E-state index is 0.225. The van der Waals surface area contributed by atoms with E-state index in [1.54, 1.807) is 0 Å². The van der Waals surface area contributed by atoms with Gasteiger partial charge in [-0.1, -0.05) is 51.1 Å². The van der Waals surface area contributed by atoms with Gasteiger partial charge in [-0.3, -0.25) is 14.6 Å². The molecule has 0 bridgehead atoms. The zero-order valence-corrected chi connectivity index (χ0v) is 30.2. The highest BCUT2D eigenvalue weighted by Gasteiger charge is 2.28. The number of nitrogens with one attached hydrogen (secondary N) is 1. The number of rotatable bonds is 7. The molecule has 12 heteroatoms. The molecule has 3 aliphatic rings. The van der Waals surface area contributed by atoms with E-state index in [0.717, 1.165) is 85.3 Å². The van der Waals surface area contributed by atoms with Gasteiger partial charge in [0.25, 0.3) is 0 Å². The fraction of sp³-hybridized carbons (Fsp3) is 0.425. The van der Waals surface area contributed by atoms with Gasteiger partial charge in [0.05, 0.1) is 17.6 Å². The van der Waals surface area contributed by atoms with Crippen LogP contribution in [0.4, 0.5) is 21.0 Å². The second-order valence-corrected chi connectivity index (χ2v) is 15.2. The maximum atomic E-state index is 15.5. The van der Waals surface area contributed by atoms with Gasteiger partial charge in [-0.15, -0.1) is 10.2 Å². The van der Waals surface area contributed by atoms with Crippen molar-refractivity contribution in [3.63, 3.8) is 0 Å². The molecule has 0 spiro atoms. The minimum atomic E-state index is -0.539. The van der Waals surface area contributed by atoms with Gasteiger partial charge in [0.15, 0.2) is 5.65 Å². The number of nitrogens with zero attached hydrogens (tertiary/aromatic N) is 8. The van der Waals surface area contributed by atoms with E-state index in [0.29, 0.717) is 30.1 Å². The molecular weight excluding hydrogens is 657 g/mol. The predicted octanol–water partition coefficient (Wildman–Crippen LogP) is 7.87. The van der Waals surface area contributed by atoms with E-state index in [2.05, 4.69) is 30.3 Å². The lowest BCUT2D eigenvalue weighted by molar-refractivity contribution is 0.193. The quantitative estimate of drug-likeness (QED) is 0.184. The van der Waals surface area contributed by atoms with E-state index in [9.17, 15) is 4.79 Å². The molecule has 0 radical (unpaired) electrons. The number of ether oxygens (including phenoxy) is 1. The summed E-state index contributed by atoms with van der Waals surface area (Å²) in [5.41, 5.74) is 5.01. The number of halogens is 1. The molecule has 1 aliphatic carbocycles. The summed E-state index contributed by atoms with van der Waals surface area (Å²) in [6, 6.07) is 18.2. The van der Waals surface area contributed by atoms with Crippen LogP contribution in [-0.2, 0) is 12.0 Å². The number of pyridine rings is 1. The molecule has 2 amide bonds. The summed E-state index contributed by atoms with van der Waals surface area (Å²) in [5.74, 6) is 1.53. The molecule has 0 saturated carbocycles. The number of anilines is 2. The SMILES string of the molecule is CC(C)(C)c1cc(NC(=O)N=C2CC[C@@H](Oc3ccc4nnc(N5CCCCC5)n4c3)c3ccccc32)n(-c2cc(CN3CCCC3)ccc2F)n1. The lowest BCUT2D eigenvalue weighted by Crippen LogP contribution is -2.31. The van der Waals surface area contributed by atoms with Crippen molar-refractivity contribution < 1.29 is 13.9 Å². The highest BCUT2D eigenvalue weighted by Crippen LogP contribution is 2.35. The summed E-state index contributed by atoms with van der Waals surface area (Å²) in [6.07, 6.45) is 8.84. The molecule has 11 nitrogen and oxygen atoms in total. The summed E-state index contributed by atoms with van der Waals surface area (Å²) in [4.78, 5) is 22.9. The van der Waals surface area contributed by atoms with Crippen LogP contribution in [-0.4, -0.2) is 67.2 Å². The van der Waals surface area contributed by atoms with Crippen LogP contribution >= 0.6 is 0 Å². The van der Waals surface area contributed by atoms with Crippen LogP contribution in [0, 0.1) is 5.82 Å². The largest absolute Gasteiger partial charge is 0.484 e. The van der Waals surface area contributed by atoms with Crippen molar-refractivity contribution in [1.82, 2.24) is 29.3 Å². The number of carbonyl (C=O) groups excluding carboxylic acids is 1. The van der Waals surface area contributed by atoms with Crippen molar-refractivity contribution >= 4 is 29.2 Å². The number of likely N-dealkylation sites (tertiary alicyclic amines) is 1. The number of hydrogen-bond donors (Lipinski definition) is 1. The Labute approximate surface area is 303 Å². The highest BCUT2D eigenvalue weighted by atomic mass is 19.1. The zero-order chi connectivity index (χ0) is 35.8. The van der Waals surface area contributed by atoms with E-state index in [-0.39, 0.29) is 11.5 Å². The van der Waals surface area contributed by atoms with Gasteiger partial charge in [0.2, 0.25) is 5.95 Å². The third-order valence-corrected chi connectivity index (χ3v) is 10.3. The zero-order valence-electron chi connectivity index (χ0n) is 30.2. The first-order valence-electron chi connectivity index (χ1n) is 18.6. The Balaban J connectivity index is 1.04. The lowest BCUT2D eigenvalue weighted by atomic mass is 9.87. The van der Waals surface area contributed by atoms with Crippen molar-refractivity contribution in [1.29, 1.82) is 0 Å². The monoisotopic (exact) mass is 703 g/mol. The van der Waals surface area contributed by atoms with E-state index in [4.69, 9.17) is 9.84 Å². The maximum absolute atomic E-state index is 15.5. The van der Waals surface area contributed by atoms with Gasteiger partial charge < -0.3 is 9.64 Å². The molecular formula is C40H46FN9O2. The average molecular weight is 704 g/mol. The van der Waals surface area contributed by atoms with Crippen LogP contribution in [0.25, 0.3) is 11.3 Å².